The maximum Gasteiger partial charge on any atom is 0.178 e. The number of sulfone groups is 1. The molecule has 0 saturated carbocycles. The molecule has 0 fully saturated rings. The molecule has 7 heteroatoms. The molecule has 4 aromatic rings. The van der Waals surface area contributed by atoms with Gasteiger partial charge in [0, 0.05) is 11.1 Å². The molecule has 0 aliphatic heterocycles. The Kier molecular flexibility index (Phi) is 8.78. The standard InChI is InChI=1S/C35H38O6S/c1-23(2)41-35-32(39-4)18-15-24-13-14-26-21-33(40-5)31(22-30(26)34(24)35)29-17-16-27(38-3)20-25(29)10-9-19-42(36,37)28-11-7-6-8-12-28/h6-8,11-12,15-18,20-23H,9-10,13-14,19H2,1-5H3. The topological polar surface area (TPSA) is 71.1 Å². The van der Waals surface area contributed by atoms with E-state index in [2.05, 4.69) is 18.2 Å². The first-order valence-electron chi connectivity index (χ1n) is 14.3. The van der Waals surface area contributed by atoms with Gasteiger partial charge in [-0.05, 0) is 110 Å². The van der Waals surface area contributed by atoms with Crippen molar-refractivity contribution in [1.82, 2.24) is 0 Å². The van der Waals surface area contributed by atoms with Gasteiger partial charge in [-0.15, -0.1) is 0 Å². The van der Waals surface area contributed by atoms with Gasteiger partial charge in [0.2, 0.25) is 0 Å². The summed E-state index contributed by atoms with van der Waals surface area (Å²) in [6.45, 7) is 4.04. The van der Waals surface area contributed by atoms with Crippen molar-refractivity contribution in [3.8, 4) is 45.3 Å². The lowest BCUT2D eigenvalue weighted by Crippen LogP contribution is -2.12. The zero-order valence-corrected chi connectivity index (χ0v) is 25.7. The molecule has 0 amide bonds. The van der Waals surface area contributed by atoms with E-state index in [9.17, 15) is 8.42 Å². The molecule has 42 heavy (non-hydrogen) atoms. The number of aryl methyl sites for hydroxylation is 3. The van der Waals surface area contributed by atoms with E-state index in [1.165, 1.54) is 11.1 Å². The van der Waals surface area contributed by atoms with Gasteiger partial charge < -0.3 is 18.9 Å². The van der Waals surface area contributed by atoms with Gasteiger partial charge in [-0.25, -0.2) is 8.42 Å². The van der Waals surface area contributed by atoms with Crippen LogP contribution in [0, 0.1) is 0 Å². The number of methoxy groups -OCH3 is 3. The number of benzene rings is 4. The van der Waals surface area contributed by atoms with Crippen molar-refractivity contribution < 1.29 is 27.4 Å². The second-order valence-corrected chi connectivity index (χ2v) is 12.9. The lowest BCUT2D eigenvalue weighted by molar-refractivity contribution is 0.231. The highest BCUT2D eigenvalue weighted by atomic mass is 32.2. The molecule has 0 unspecified atom stereocenters. The molecule has 1 aliphatic rings. The Morgan fingerprint density at radius 1 is 0.738 bits per heavy atom. The van der Waals surface area contributed by atoms with Gasteiger partial charge in [-0.3, -0.25) is 0 Å². The molecule has 5 rings (SSSR count). The average molecular weight is 587 g/mol. The second kappa shape index (κ2) is 12.5. The molecule has 1 aliphatic carbocycles. The summed E-state index contributed by atoms with van der Waals surface area (Å²) < 4.78 is 49.5. The minimum atomic E-state index is -3.39. The van der Waals surface area contributed by atoms with Crippen LogP contribution in [0.5, 0.6) is 23.0 Å². The van der Waals surface area contributed by atoms with Gasteiger partial charge in [-0.1, -0.05) is 30.3 Å². The van der Waals surface area contributed by atoms with Crippen molar-refractivity contribution >= 4 is 9.84 Å². The van der Waals surface area contributed by atoms with E-state index < -0.39 is 9.84 Å². The van der Waals surface area contributed by atoms with Crippen LogP contribution >= 0.6 is 0 Å². The number of ether oxygens (including phenoxy) is 4. The Morgan fingerprint density at radius 3 is 2.17 bits per heavy atom. The summed E-state index contributed by atoms with van der Waals surface area (Å²) in [5, 5.41) is 0. The van der Waals surface area contributed by atoms with Crippen LogP contribution in [0.3, 0.4) is 0 Å². The minimum Gasteiger partial charge on any atom is -0.497 e. The molecule has 0 atom stereocenters. The SMILES string of the molecule is COc1ccc(-c2cc3c(cc2OC)CCc2ccc(OC)c(OC(C)C)c2-3)c(CCCS(=O)(=O)c2ccccc2)c1. The molecule has 0 saturated heterocycles. The van der Waals surface area contributed by atoms with Crippen LogP contribution in [0.1, 0.15) is 37.0 Å². The Bertz CT molecular complexity index is 1680. The third-order valence-electron chi connectivity index (χ3n) is 7.70. The zero-order chi connectivity index (χ0) is 29.9. The molecular formula is C35H38O6S. The Labute approximate surface area is 249 Å². The van der Waals surface area contributed by atoms with Gasteiger partial charge in [0.15, 0.2) is 21.3 Å². The Hall–Kier alpha value is -3.97. The smallest absolute Gasteiger partial charge is 0.178 e. The van der Waals surface area contributed by atoms with Gasteiger partial charge in [0.1, 0.15) is 11.5 Å². The first-order chi connectivity index (χ1) is 20.2. The van der Waals surface area contributed by atoms with Crippen LogP contribution in [0.25, 0.3) is 22.3 Å². The summed E-state index contributed by atoms with van der Waals surface area (Å²) in [5.41, 5.74) is 7.47. The number of fused-ring (bicyclic) bond motifs is 3. The minimum absolute atomic E-state index is 0.0196. The molecule has 0 heterocycles. The van der Waals surface area contributed by atoms with E-state index in [1.54, 1.807) is 45.6 Å². The van der Waals surface area contributed by atoms with Crippen LogP contribution < -0.4 is 18.9 Å². The summed E-state index contributed by atoms with van der Waals surface area (Å²) in [6.07, 6.45) is 2.79. The Balaban J connectivity index is 1.58. The number of rotatable bonds is 11. The molecule has 0 bridgehead atoms. The summed E-state index contributed by atoms with van der Waals surface area (Å²) in [5.74, 6) is 3.01. The predicted octanol–water partition coefficient (Wildman–Crippen LogP) is 7.34. The van der Waals surface area contributed by atoms with E-state index in [0.717, 1.165) is 57.9 Å². The van der Waals surface area contributed by atoms with Crippen molar-refractivity contribution in [3.63, 3.8) is 0 Å². The van der Waals surface area contributed by atoms with Crippen LogP contribution in [0.15, 0.2) is 77.7 Å². The molecule has 0 aromatic heterocycles. The molecule has 0 radical (unpaired) electrons. The Morgan fingerprint density at radius 2 is 1.48 bits per heavy atom. The molecular weight excluding hydrogens is 548 g/mol. The van der Waals surface area contributed by atoms with Crippen molar-refractivity contribution in [2.75, 3.05) is 27.1 Å². The fourth-order valence-electron chi connectivity index (χ4n) is 5.70. The summed E-state index contributed by atoms with van der Waals surface area (Å²) >= 11 is 0. The summed E-state index contributed by atoms with van der Waals surface area (Å²) in [7, 11) is 1.61. The van der Waals surface area contributed by atoms with E-state index in [-0.39, 0.29) is 11.9 Å². The van der Waals surface area contributed by atoms with Gasteiger partial charge >= 0.3 is 0 Å². The quantitative estimate of drug-likeness (QED) is 0.183. The van der Waals surface area contributed by atoms with Crippen LogP contribution in [0.4, 0.5) is 0 Å². The third kappa shape index (κ3) is 5.97. The van der Waals surface area contributed by atoms with Crippen molar-refractivity contribution in [3.05, 3.63) is 89.5 Å². The average Bonchev–Trinajstić information content (AvgIpc) is 3.00. The van der Waals surface area contributed by atoms with Crippen molar-refractivity contribution in [2.45, 2.75) is 50.5 Å². The van der Waals surface area contributed by atoms with Gasteiger partial charge in [-0.2, -0.15) is 0 Å². The first-order valence-corrected chi connectivity index (χ1v) is 15.9. The van der Waals surface area contributed by atoms with Gasteiger partial charge in [0.05, 0.1) is 38.1 Å². The molecule has 4 aromatic carbocycles. The van der Waals surface area contributed by atoms with Crippen LogP contribution in [-0.4, -0.2) is 41.6 Å². The number of hydrogen-bond acceptors (Lipinski definition) is 6. The van der Waals surface area contributed by atoms with Crippen LogP contribution in [0.2, 0.25) is 0 Å². The molecule has 0 spiro atoms. The lowest BCUT2D eigenvalue weighted by atomic mass is 9.82. The summed E-state index contributed by atoms with van der Waals surface area (Å²) in [6, 6.07) is 23.0. The van der Waals surface area contributed by atoms with E-state index in [4.69, 9.17) is 18.9 Å². The number of hydrogen-bond donors (Lipinski definition) is 0. The zero-order valence-electron chi connectivity index (χ0n) is 24.9. The predicted molar refractivity (Wildman–Crippen MR) is 167 cm³/mol. The highest BCUT2D eigenvalue weighted by molar-refractivity contribution is 7.91. The highest BCUT2D eigenvalue weighted by Gasteiger charge is 2.26. The fourth-order valence-corrected chi connectivity index (χ4v) is 7.03. The molecule has 220 valence electrons. The maximum atomic E-state index is 13.0. The lowest BCUT2D eigenvalue weighted by Gasteiger charge is -2.27. The normalized spacial score (nSPS) is 12.4. The summed E-state index contributed by atoms with van der Waals surface area (Å²) in [4.78, 5) is 0.348. The van der Waals surface area contributed by atoms with Crippen molar-refractivity contribution in [1.29, 1.82) is 0 Å². The maximum absolute atomic E-state index is 13.0. The van der Waals surface area contributed by atoms with Gasteiger partial charge in [0.25, 0.3) is 0 Å². The van der Waals surface area contributed by atoms with Crippen LogP contribution in [-0.2, 0) is 29.1 Å². The highest BCUT2D eigenvalue weighted by Crippen LogP contribution is 2.49. The van der Waals surface area contributed by atoms with Crippen molar-refractivity contribution in [2.24, 2.45) is 0 Å². The molecule has 0 N–H and O–H groups in total. The van der Waals surface area contributed by atoms with E-state index in [1.807, 2.05) is 44.2 Å². The van der Waals surface area contributed by atoms with E-state index in [0.29, 0.717) is 23.5 Å². The monoisotopic (exact) mass is 586 g/mol. The molecule has 6 nitrogen and oxygen atoms in total. The first kappa shape index (κ1) is 29.5. The second-order valence-electron chi connectivity index (χ2n) is 10.8. The largest absolute Gasteiger partial charge is 0.497 e. The van der Waals surface area contributed by atoms with E-state index >= 15 is 0 Å². The fraction of sp³-hybridized carbons (Fsp3) is 0.314. The third-order valence-corrected chi connectivity index (χ3v) is 9.52.